The molecule has 3 aromatic rings. The van der Waals surface area contributed by atoms with Crippen molar-refractivity contribution in [3.63, 3.8) is 0 Å². The molecule has 0 unspecified atom stereocenters. The molecule has 0 aliphatic carbocycles. The molecule has 5 nitrogen and oxygen atoms in total. The summed E-state index contributed by atoms with van der Waals surface area (Å²) in [6.45, 7) is 3.19. The molecule has 0 bridgehead atoms. The van der Waals surface area contributed by atoms with Gasteiger partial charge in [0.15, 0.2) is 6.10 Å². The zero-order chi connectivity index (χ0) is 17.1. The summed E-state index contributed by atoms with van der Waals surface area (Å²) in [6, 6.07) is 15.0. The Morgan fingerprint density at radius 2 is 1.83 bits per heavy atom. The van der Waals surface area contributed by atoms with E-state index in [1.807, 2.05) is 42.5 Å². The van der Waals surface area contributed by atoms with Crippen molar-refractivity contribution in [2.24, 2.45) is 0 Å². The summed E-state index contributed by atoms with van der Waals surface area (Å²) < 4.78 is 10.2. The van der Waals surface area contributed by atoms with E-state index in [1.54, 1.807) is 6.92 Å². The van der Waals surface area contributed by atoms with Gasteiger partial charge < -0.3 is 14.5 Å². The van der Waals surface area contributed by atoms with Crippen LogP contribution in [0.4, 0.5) is 5.69 Å². The Morgan fingerprint density at radius 3 is 2.54 bits per heavy atom. The highest BCUT2D eigenvalue weighted by Crippen LogP contribution is 2.19. The van der Waals surface area contributed by atoms with Crippen LogP contribution in [0.3, 0.4) is 0 Å². The molecule has 1 N–H and O–H groups in total. The van der Waals surface area contributed by atoms with E-state index < -0.39 is 12.1 Å². The summed E-state index contributed by atoms with van der Waals surface area (Å²) in [7, 11) is 0. The number of ether oxygens (including phenoxy) is 1. The van der Waals surface area contributed by atoms with Gasteiger partial charge in [-0.3, -0.25) is 4.79 Å². The van der Waals surface area contributed by atoms with Gasteiger partial charge in [0.25, 0.3) is 5.91 Å². The molecule has 0 saturated carbocycles. The highest BCUT2D eigenvalue weighted by atomic mass is 16.5. The number of furan rings is 1. The maximum Gasteiger partial charge on any atom is 0.342 e. The third-order valence-corrected chi connectivity index (χ3v) is 3.75. The molecule has 1 aromatic heterocycles. The van der Waals surface area contributed by atoms with Gasteiger partial charge in [0.05, 0.1) is 6.26 Å². The van der Waals surface area contributed by atoms with Gasteiger partial charge in [-0.05, 0) is 42.8 Å². The Hall–Kier alpha value is -3.08. The summed E-state index contributed by atoms with van der Waals surface area (Å²) in [5.74, 6) is -0.510. The van der Waals surface area contributed by atoms with Crippen molar-refractivity contribution in [2.75, 3.05) is 5.32 Å². The average molecular weight is 323 g/mol. The highest BCUT2D eigenvalue weighted by molar-refractivity contribution is 5.99. The fraction of sp³-hybridized carbons (Fsp3) is 0.158. The highest BCUT2D eigenvalue weighted by Gasteiger charge is 2.21. The summed E-state index contributed by atoms with van der Waals surface area (Å²) in [4.78, 5) is 24.2. The van der Waals surface area contributed by atoms with Gasteiger partial charge in [-0.1, -0.05) is 30.3 Å². The van der Waals surface area contributed by atoms with Crippen LogP contribution >= 0.6 is 0 Å². The van der Waals surface area contributed by atoms with Crippen molar-refractivity contribution in [3.05, 3.63) is 66.1 Å². The zero-order valence-electron chi connectivity index (χ0n) is 13.4. The van der Waals surface area contributed by atoms with E-state index in [9.17, 15) is 9.59 Å². The lowest BCUT2D eigenvalue weighted by Crippen LogP contribution is -2.30. The van der Waals surface area contributed by atoms with Crippen LogP contribution in [0.2, 0.25) is 0 Å². The lowest BCUT2D eigenvalue weighted by molar-refractivity contribution is -0.123. The maximum atomic E-state index is 12.2. The Bertz CT molecular complexity index is 897. The maximum absolute atomic E-state index is 12.2. The molecule has 0 aliphatic rings. The van der Waals surface area contributed by atoms with Gasteiger partial charge in [0.1, 0.15) is 11.3 Å². The third kappa shape index (κ3) is 3.30. The van der Waals surface area contributed by atoms with Crippen LogP contribution in [0.5, 0.6) is 0 Å². The standard InChI is InChI=1S/C19H17NO4/c1-12-17(9-10-23-12)19(22)24-13(2)18(21)20-16-8-7-14-5-3-4-6-15(14)11-16/h3-11,13H,1-2H3,(H,20,21)/t13-/m0/s1. The predicted molar refractivity (Wildman–Crippen MR) is 90.9 cm³/mol. The first-order chi connectivity index (χ1) is 11.5. The number of carbonyl (C=O) groups is 2. The van der Waals surface area contributed by atoms with E-state index in [1.165, 1.54) is 19.3 Å². The van der Waals surface area contributed by atoms with Crippen LogP contribution in [0.25, 0.3) is 10.8 Å². The number of aryl methyl sites for hydroxylation is 1. The Kier molecular flexibility index (Phi) is 4.33. The normalized spacial score (nSPS) is 11.9. The van der Waals surface area contributed by atoms with Crippen LogP contribution < -0.4 is 5.32 Å². The number of anilines is 1. The van der Waals surface area contributed by atoms with Gasteiger partial charge in [-0.15, -0.1) is 0 Å². The second-order valence-electron chi connectivity index (χ2n) is 5.49. The minimum absolute atomic E-state index is 0.320. The van der Waals surface area contributed by atoms with Crippen LogP contribution in [-0.4, -0.2) is 18.0 Å². The molecule has 24 heavy (non-hydrogen) atoms. The molecule has 0 radical (unpaired) electrons. The fourth-order valence-electron chi connectivity index (χ4n) is 2.39. The number of benzene rings is 2. The lowest BCUT2D eigenvalue weighted by Gasteiger charge is -2.13. The molecule has 5 heteroatoms. The number of fused-ring (bicyclic) bond motifs is 1. The number of rotatable bonds is 4. The summed E-state index contributed by atoms with van der Waals surface area (Å²) in [5.41, 5.74) is 0.974. The monoisotopic (exact) mass is 323 g/mol. The van der Waals surface area contributed by atoms with Crippen molar-refractivity contribution in [2.45, 2.75) is 20.0 Å². The Balaban J connectivity index is 1.67. The molecule has 3 rings (SSSR count). The molecule has 0 aliphatic heterocycles. The second-order valence-corrected chi connectivity index (χ2v) is 5.49. The first kappa shape index (κ1) is 15.8. The number of carbonyl (C=O) groups excluding carboxylic acids is 2. The molecular weight excluding hydrogens is 306 g/mol. The number of nitrogens with one attached hydrogen (secondary N) is 1. The van der Waals surface area contributed by atoms with Crippen molar-refractivity contribution >= 4 is 28.3 Å². The smallest absolute Gasteiger partial charge is 0.342 e. The summed E-state index contributed by atoms with van der Waals surface area (Å²) >= 11 is 0. The minimum Gasteiger partial charge on any atom is -0.469 e. The first-order valence-electron chi connectivity index (χ1n) is 7.59. The first-order valence-corrected chi connectivity index (χ1v) is 7.59. The molecule has 1 heterocycles. The van der Waals surface area contributed by atoms with Gasteiger partial charge >= 0.3 is 5.97 Å². The number of hydrogen-bond acceptors (Lipinski definition) is 4. The van der Waals surface area contributed by atoms with E-state index in [0.29, 0.717) is 17.0 Å². The lowest BCUT2D eigenvalue weighted by atomic mass is 10.1. The van der Waals surface area contributed by atoms with E-state index in [2.05, 4.69) is 5.32 Å². The van der Waals surface area contributed by atoms with Gasteiger partial charge in [0, 0.05) is 5.69 Å². The molecule has 0 spiro atoms. The minimum atomic E-state index is -0.918. The molecule has 2 aromatic carbocycles. The van der Waals surface area contributed by atoms with Gasteiger partial charge in [-0.25, -0.2) is 4.79 Å². The quantitative estimate of drug-likeness (QED) is 0.739. The van der Waals surface area contributed by atoms with Gasteiger partial charge in [-0.2, -0.15) is 0 Å². The van der Waals surface area contributed by atoms with Crippen molar-refractivity contribution in [3.8, 4) is 0 Å². The largest absolute Gasteiger partial charge is 0.469 e. The van der Waals surface area contributed by atoms with E-state index in [-0.39, 0.29) is 5.91 Å². The zero-order valence-corrected chi connectivity index (χ0v) is 13.4. The van der Waals surface area contributed by atoms with Crippen LogP contribution in [0, 0.1) is 6.92 Å². The average Bonchev–Trinajstić information content (AvgIpc) is 3.00. The van der Waals surface area contributed by atoms with Crippen molar-refractivity contribution in [1.29, 1.82) is 0 Å². The fourth-order valence-corrected chi connectivity index (χ4v) is 2.39. The molecule has 1 atom stereocenters. The molecule has 0 fully saturated rings. The van der Waals surface area contributed by atoms with E-state index in [0.717, 1.165) is 10.8 Å². The Labute approximate surface area is 139 Å². The molecular formula is C19H17NO4. The third-order valence-electron chi connectivity index (χ3n) is 3.75. The number of amides is 1. The van der Waals surface area contributed by atoms with Gasteiger partial charge in [0.2, 0.25) is 0 Å². The van der Waals surface area contributed by atoms with Crippen molar-refractivity contribution < 1.29 is 18.7 Å². The van der Waals surface area contributed by atoms with Crippen LogP contribution in [0.15, 0.2) is 59.2 Å². The SMILES string of the molecule is Cc1occc1C(=O)O[C@@H](C)C(=O)Nc1ccc2ccccc2c1. The molecule has 122 valence electrons. The van der Waals surface area contributed by atoms with E-state index >= 15 is 0 Å². The van der Waals surface area contributed by atoms with Crippen LogP contribution in [-0.2, 0) is 9.53 Å². The molecule has 0 saturated heterocycles. The van der Waals surface area contributed by atoms with E-state index in [4.69, 9.17) is 9.15 Å². The predicted octanol–water partition coefficient (Wildman–Crippen LogP) is 3.93. The number of hydrogen-bond donors (Lipinski definition) is 1. The second kappa shape index (κ2) is 6.58. The topological polar surface area (TPSA) is 68.5 Å². The number of esters is 1. The summed E-state index contributed by atoms with van der Waals surface area (Å²) in [6.07, 6.45) is 0.490. The Morgan fingerprint density at radius 1 is 1.08 bits per heavy atom. The molecule has 1 amide bonds. The summed E-state index contributed by atoms with van der Waals surface area (Å²) in [5, 5.41) is 4.87. The van der Waals surface area contributed by atoms with Crippen LogP contribution in [0.1, 0.15) is 23.0 Å². The van der Waals surface area contributed by atoms with Crippen molar-refractivity contribution in [1.82, 2.24) is 0 Å².